The maximum atomic E-state index is 13.4. The topological polar surface area (TPSA) is 97.3 Å². The number of rotatable bonds is 5. The summed E-state index contributed by atoms with van der Waals surface area (Å²) in [4.78, 5) is 30.4. The molecule has 0 unspecified atom stereocenters. The molecule has 0 bridgehead atoms. The van der Waals surface area contributed by atoms with Crippen molar-refractivity contribution >= 4 is 11.8 Å². The summed E-state index contributed by atoms with van der Waals surface area (Å²) in [5, 5.41) is 8.56. The normalized spacial score (nSPS) is 25.5. The molecule has 5 rings (SSSR count). The lowest BCUT2D eigenvalue weighted by molar-refractivity contribution is -0.137. The molecule has 9 heteroatoms. The third-order valence-electron chi connectivity index (χ3n) is 7.53. The van der Waals surface area contributed by atoms with Crippen molar-refractivity contribution in [1.82, 2.24) is 24.8 Å². The van der Waals surface area contributed by atoms with Gasteiger partial charge in [-0.1, -0.05) is 26.0 Å². The summed E-state index contributed by atoms with van der Waals surface area (Å²) in [5.74, 6) is 0.0494. The Labute approximate surface area is 199 Å². The maximum Gasteiger partial charge on any atom is 0.240 e. The first-order chi connectivity index (χ1) is 16.1. The van der Waals surface area contributed by atoms with E-state index < -0.39 is 6.04 Å². The molecule has 4 atom stereocenters. The van der Waals surface area contributed by atoms with Gasteiger partial charge < -0.3 is 15.5 Å². The first-order valence-corrected chi connectivity index (χ1v) is 12.2. The molecular formula is C25H33FN6O2. The van der Waals surface area contributed by atoms with E-state index >= 15 is 0 Å². The quantitative estimate of drug-likeness (QED) is 0.726. The summed E-state index contributed by atoms with van der Waals surface area (Å²) in [6, 6.07) is 5.50. The van der Waals surface area contributed by atoms with Crippen LogP contribution in [0.25, 0.3) is 11.3 Å². The van der Waals surface area contributed by atoms with Gasteiger partial charge in [0, 0.05) is 37.0 Å². The summed E-state index contributed by atoms with van der Waals surface area (Å²) in [6.45, 7) is 7.68. The van der Waals surface area contributed by atoms with Crippen molar-refractivity contribution in [2.75, 3.05) is 13.1 Å². The molecule has 3 aliphatic rings. The van der Waals surface area contributed by atoms with Gasteiger partial charge in [-0.25, -0.2) is 4.39 Å². The van der Waals surface area contributed by atoms with Crippen LogP contribution in [0.5, 0.6) is 0 Å². The van der Waals surface area contributed by atoms with Gasteiger partial charge in [0.15, 0.2) is 0 Å². The molecule has 182 valence electrons. The Balaban J connectivity index is 1.39. The van der Waals surface area contributed by atoms with Crippen LogP contribution < -0.4 is 5.73 Å². The third kappa shape index (κ3) is 4.21. The predicted molar refractivity (Wildman–Crippen MR) is 125 cm³/mol. The van der Waals surface area contributed by atoms with Gasteiger partial charge >= 0.3 is 0 Å². The Hall–Kier alpha value is -2.81. The van der Waals surface area contributed by atoms with Crippen molar-refractivity contribution in [3.63, 3.8) is 0 Å². The van der Waals surface area contributed by atoms with Crippen LogP contribution >= 0.6 is 0 Å². The van der Waals surface area contributed by atoms with Crippen LogP contribution in [0.3, 0.4) is 0 Å². The molecule has 0 radical (unpaired) electrons. The van der Waals surface area contributed by atoms with Gasteiger partial charge in [-0.3, -0.25) is 14.3 Å². The first kappa shape index (κ1) is 23.0. The molecule has 1 saturated carbocycles. The molecule has 1 aromatic carbocycles. The van der Waals surface area contributed by atoms with Crippen molar-refractivity contribution in [1.29, 1.82) is 0 Å². The number of nitrogens with two attached hydrogens (primary N) is 1. The minimum Gasteiger partial charge on any atom is -0.337 e. The highest BCUT2D eigenvalue weighted by atomic mass is 19.1. The number of amides is 2. The Morgan fingerprint density at radius 2 is 1.85 bits per heavy atom. The Bertz CT molecular complexity index is 1070. The number of carbonyl (C=O) groups is 2. The van der Waals surface area contributed by atoms with E-state index in [4.69, 9.17) is 5.73 Å². The second-order valence-electron chi connectivity index (χ2n) is 11.1. The number of hydrogen-bond acceptors (Lipinski definition) is 5. The molecule has 2 amide bonds. The zero-order chi connectivity index (χ0) is 24.2. The van der Waals surface area contributed by atoms with E-state index in [1.807, 2.05) is 36.8 Å². The molecule has 2 saturated heterocycles. The van der Waals surface area contributed by atoms with Crippen molar-refractivity contribution < 1.29 is 14.0 Å². The van der Waals surface area contributed by atoms with Crippen molar-refractivity contribution in [2.45, 2.75) is 64.7 Å². The zero-order valence-electron chi connectivity index (χ0n) is 20.0. The van der Waals surface area contributed by atoms with E-state index in [-0.39, 0.29) is 47.0 Å². The van der Waals surface area contributed by atoms with Crippen LogP contribution in [0, 0.1) is 23.1 Å². The second kappa shape index (κ2) is 8.45. The molecule has 1 aromatic heterocycles. The predicted octanol–water partition coefficient (Wildman–Crippen LogP) is 2.30. The van der Waals surface area contributed by atoms with Gasteiger partial charge in [-0.15, -0.1) is 5.10 Å². The number of likely N-dealkylation sites (tertiary alicyclic amines) is 2. The summed E-state index contributed by atoms with van der Waals surface area (Å²) in [5.41, 5.74) is 7.47. The van der Waals surface area contributed by atoms with Crippen LogP contribution in [-0.2, 0) is 16.1 Å². The van der Waals surface area contributed by atoms with Crippen molar-refractivity contribution in [3.8, 4) is 11.3 Å². The van der Waals surface area contributed by atoms with Crippen molar-refractivity contribution in [2.24, 2.45) is 23.0 Å². The van der Waals surface area contributed by atoms with E-state index in [1.54, 1.807) is 16.8 Å². The number of hydrogen-bond donors (Lipinski definition) is 1. The Morgan fingerprint density at radius 1 is 1.15 bits per heavy atom. The number of fused-ring (bicyclic) bond motifs is 1. The third-order valence-corrected chi connectivity index (χ3v) is 7.53. The number of carbonyl (C=O) groups excluding carboxylic acids is 2. The Morgan fingerprint density at radius 3 is 2.50 bits per heavy atom. The number of aromatic nitrogens is 3. The summed E-state index contributed by atoms with van der Waals surface area (Å²) in [7, 11) is 0. The molecule has 8 nitrogen and oxygen atoms in total. The van der Waals surface area contributed by atoms with Gasteiger partial charge in [0.05, 0.1) is 24.3 Å². The van der Waals surface area contributed by atoms with Crippen LogP contribution in [-0.4, -0.2) is 67.8 Å². The minimum atomic E-state index is -0.600. The summed E-state index contributed by atoms with van der Waals surface area (Å²) in [6.07, 6.45) is 4.54. The lowest BCUT2D eigenvalue weighted by Crippen LogP contribution is -2.54. The Kier molecular flexibility index (Phi) is 5.70. The summed E-state index contributed by atoms with van der Waals surface area (Å²) < 4.78 is 15.1. The van der Waals surface area contributed by atoms with Gasteiger partial charge in [-0.05, 0) is 48.9 Å². The molecule has 1 aliphatic carbocycles. The average molecular weight is 469 g/mol. The summed E-state index contributed by atoms with van der Waals surface area (Å²) >= 11 is 0. The highest BCUT2D eigenvalue weighted by molar-refractivity contribution is 5.85. The molecule has 3 heterocycles. The highest BCUT2D eigenvalue weighted by Gasteiger charge is 2.54. The number of nitrogens with zero attached hydrogens (tertiary/aromatic N) is 5. The smallest absolute Gasteiger partial charge is 0.240 e. The second-order valence-corrected chi connectivity index (χ2v) is 11.1. The monoisotopic (exact) mass is 468 g/mol. The van der Waals surface area contributed by atoms with E-state index in [0.29, 0.717) is 25.3 Å². The molecule has 3 fully saturated rings. The van der Waals surface area contributed by atoms with E-state index in [0.717, 1.165) is 24.8 Å². The van der Waals surface area contributed by atoms with E-state index in [1.165, 1.54) is 12.1 Å². The fourth-order valence-corrected chi connectivity index (χ4v) is 5.37. The fraction of sp³-hybridized carbons (Fsp3) is 0.600. The molecular weight excluding hydrogens is 435 g/mol. The highest BCUT2D eigenvalue weighted by Crippen LogP contribution is 2.41. The maximum absolute atomic E-state index is 13.4. The van der Waals surface area contributed by atoms with Gasteiger partial charge in [-0.2, -0.15) is 0 Å². The number of benzene rings is 1. The lowest BCUT2D eigenvalue weighted by Gasteiger charge is -2.34. The molecule has 34 heavy (non-hydrogen) atoms. The van der Waals surface area contributed by atoms with Gasteiger partial charge in [0.25, 0.3) is 0 Å². The van der Waals surface area contributed by atoms with Crippen LogP contribution in [0.15, 0.2) is 30.5 Å². The van der Waals surface area contributed by atoms with E-state index in [2.05, 4.69) is 10.3 Å². The molecule has 2 N–H and O–H groups in total. The van der Waals surface area contributed by atoms with Crippen LogP contribution in [0.4, 0.5) is 4.39 Å². The average Bonchev–Trinajstić information content (AvgIpc) is 3.23. The van der Waals surface area contributed by atoms with Crippen molar-refractivity contribution in [3.05, 3.63) is 36.3 Å². The fourth-order valence-electron chi connectivity index (χ4n) is 5.37. The van der Waals surface area contributed by atoms with Crippen LogP contribution in [0.2, 0.25) is 0 Å². The first-order valence-electron chi connectivity index (χ1n) is 12.2. The van der Waals surface area contributed by atoms with Gasteiger partial charge in [0.1, 0.15) is 11.5 Å². The molecule has 2 aliphatic heterocycles. The number of halogens is 1. The molecule has 0 spiro atoms. The molecule has 2 aromatic rings. The minimum absolute atomic E-state index is 0.0225. The van der Waals surface area contributed by atoms with Gasteiger partial charge in [0.2, 0.25) is 11.8 Å². The standard InChI is InChI=1S/C25H33FN6O2/c1-25(2,3)22(27)24(34)31-11-10-20-21(31)17(13-32(20)23(33)16-4-5-16)12-30-14-19(28-29-30)15-6-8-18(26)9-7-15/h6-9,14,16-17,20-22H,4-5,10-13,27H2,1-3H3/t17-,20+,21+,22+/m0/s1. The SMILES string of the molecule is CC(C)(C)[C@H](N)C(=O)N1CC[C@@H]2[C@H]1[C@@H](Cn1cc(-c3ccc(F)cc3)nn1)CN2C(=O)C1CC1. The largest absolute Gasteiger partial charge is 0.337 e. The van der Waals surface area contributed by atoms with Crippen LogP contribution in [0.1, 0.15) is 40.0 Å². The van der Waals surface area contributed by atoms with E-state index in [9.17, 15) is 14.0 Å². The zero-order valence-corrected chi connectivity index (χ0v) is 20.0. The lowest BCUT2D eigenvalue weighted by atomic mass is 9.86.